The van der Waals surface area contributed by atoms with Gasteiger partial charge in [-0.15, -0.1) is 0 Å². The van der Waals surface area contributed by atoms with Crippen molar-refractivity contribution in [2.45, 2.75) is 25.2 Å². The van der Waals surface area contributed by atoms with Crippen LogP contribution in [-0.4, -0.2) is 48.2 Å². The van der Waals surface area contributed by atoms with Crippen molar-refractivity contribution in [3.05, 3.63) is 0 Å². The Bertz CT molecular complexity index is 202. The molecule has 0 saturated carbocycles. The van der Waals surface area contributed by atoms with Crippen molar-refractivity contribution in [3.8, 4) is 0 Å². The molecule has 0 aromatic heterocycles. The van der Waals surface area contributed by atoms with Gasteiger partial charge in [0, 0.05) is 6.61 Å². The number of nitrogens with zero attached hydrogens (tertiary/aromatic N) is 1. The summed E-state index contributed by atoms with van der Waals surface area (Å²) in [5.41, 5.74) is 0. The van der Waals surface area contributed by atoms with Crippen LogP contribution in [0.2, 0.25) is 0 Å². The molecule has 0 aliphatic carbocycles. The van der Waals surface area contributed by atoms with Gasteiger partial charge in [0.2, 0.25) is 0 Å². The van der Waals surface area contributed by atoms with Crippen molar-refractivity contribution >= 4 is 6.09 Å². The lowest BCUT2D eigenvalue weighted by Crippen LogP contribution is -2.36. The zero-order chi connectivity index (χ0) is 9.26. The van der Waals surface area contributed by atoms with Gasteiger partial charge in [0.1, 0.15) is 12.3 Å². The Morgan fingerprint density at radius 1 is 1.62 bits per heavy atom. The molecule has 1 N–H and O–H groups in total. The summed E-state index contributed by atoms with van der Waals surface area (Å²) < 4.78 is 10.2. The van der Waals surface area contributed by atoms with E-state index >= 15 is 0 Å². The number of cyclic esters (lactones) is 1. The molecule has 0 bridgehead atoms. The summed E-state index contributed by atoms with van der Waals surface area (Å²) in [5.74, 6) is 0. The third kappa shape index (κ3) is 1.62. The zero-order valence-corrected chi connectivity index (χ0v) is 7.31. The molecule has 2 heterocycles. The third-order valence-corrected chi connectivity index (χ3v) is 2.36. The average molecular weight is 187 g/mol. The molecule has 1 unspecified atom stereocenters. The van der Waals surface area contributed by atoms with E-state index in [4.69, 9.17) is 14.6 Å². The van der Waals surface area contributed by atoms with Crippen LogP contribution < -0.4 is 0 Å². The number of ether oxygens (including phenoxy) is 2. The van der Waals surface area contributed by atoms with Crippen molar-refractivity contribution in [1.29, 1.82) is 0 Å². The van der Waals surface area contributed by atoms with E-state index in [0.717, 1.165) is 12.8 Å². The van der Waals surface area contributed by atoms with Crippen molar-refractivity contribution < 1.29 is 19.4 Å². The lowest BCUT2D eigenvalue weighted by atomic mass is 10.3. The number of aliphatic hydroxyl groups excluding tert-OH is 1. The molecule has 2 fully saturated rings. The fourth-order valence-electron chi connectivity index (χ4n) is 1.68. The molecule has 0 aromatic carbocycles. The monoisotopic (exact) mass is 187 g/mol. The van der Waals surface area contributed by atoms with E-state index in [1.54, 1.807) is 4.90 Å². The van der Waals surface area contributed by atoms with E-state index in [1.807, 2.05) is 0 Å². The van der Waals surface area contributed by atoms with Crippen LogP contribution in [0.5, 0.6) is 0 Å². The van der Waals surface area contributed by atoms with Gasteiger partial charge in [0.25, 0.3) is 0 Å². The quantitative estimate of drug-likeness (QED) is 0.657. The molecule has 2 saturated heterocycles. The minimum Gasteiger partial charge on any atom is -0.442 e. The van der Waals surface area contributed by atoms with Gasteiger partial charge in [-0.25, -0.2) is 4.79 Å². The number of carbonyl (C=O) groups excluding carboxylic acids is 1. The highest BCUT2D eigenvalue weighted by atomic mass is 16.6. The zero-order valence-electron chi connectivity index (χ0n) is 7.31. The molecule has 5 nitrogen and oxygen atoms in total. The summed E-state index contributed by atoms with van der Waals surface area (Å²) in [4.78, 5) is 12.8. The van der Waals surface area contributed by atoms with Crippen molar-refractivity contribution in [2.24, 2.45) is 0 Å². The van der Waals surface area contributed by atoms with Crippen LogP contribution in [0, 0.1) is 0 Å². The summed E-state index contributed by atoms with van der Waals surface area (Å²) in [6.45, 7) is 1.03. The smallest absolute Gasteiger partial charge is 0.412 e. The second-order valence-corrected chi connectivity index (χ2v) is 3.31. The molecule has 2 aliphatic rings. The topological polar surface area (TPSA) is 59.0 Å². The minimum atomic E-state index is -0.378. The predicted octanol–water partition coefficient (Wildman–Crippen LogP) is -0.0640. The van der Waals surface area contributed by atoms with Crippen LogP contribution in [0.4, 0.5) is 4.79 Å². The van der Waals surface area contributed by atoms with Gasteiger partial charge in [-0.2, -0.15) is 0 Å². The Labute approximate surface area is 76.2 Å². The molecule has 74 valence electrons. The largest absolute Gasteiger partial charge is 0.442 e. The van der Waals surface area contributed by atoms with Crippen LogP contribution in [0.3, 0.4) is 0 Å². The number of carbonyl (C=O) groups is 1. The molecule has 2 rings (SSSR count). The number of hydrogen-bond acceptors (Lipinski definition) is 4. The highest BCUT2D eigenvalue weighted by molar-refractivity contribution is 5.70. The lowest BCUT2D eigenvalue weighted by Gasteiger charge is -2.19. The molecular formula is C8H13NO4. The minimum absolute atomic E-state index is 0.116. The Hall–Kier alpha value is -0.810. The summed E-state index contributed by atoms with van der Waals surface area (Å²) >= 11 is 0. The van der Waals surface area contributed by atoms with E-state index in [0.29, 0.717) is 13.2 Å². The highest BCUT2D eigenvalue weighted by Gasteiger charge is 2.37. The lowest BCUT2D eigenvalue weighted by molar-refractivity contribution is 0.0100. The summed E-state index contributed by atoms with van der Waals surface area (Å²) in [6, 6.07) is 0. The van der Waals surface area contributed by atoms with Crippen LogP contribution in [0.15, 0.2) is 0 Å². The van der Waals surface area contributed by atoms with E-state index in [1.165, 1.54) is 0 Å². The van der Waals surface area contributed by atoms with Gasteiger partial charge in [0.15, 0.2) is 0 Å². The Morgan fingerprint density at radius 3 is 3.00 bits per heavy atom. The highest BCUT2D eigenvalue weighted by Crippen LogP contribution is 2.22. The van der Waals surface area contributed by atoms with Gasteiger partial charge < -0.3 is 14.6 Å². The first-order chi connectivity index (χ1) is 6.31. The Kier molecular flexibility index (Phi) is 2.37. The molecule has 13 heavy (non-hydrogen) atoms. The summed E-state index contributed by atoms with van der Waals surface area (Å²) in [5, 5.41) is 8.80. The van der Waals surface area contributed by atoms with Gasteiger partial charge in [-0.05, 0) is 12.8 Å². The molecule has 0 aromatic rings. The van der Waals surface area contributed by atoms with Gasteiger partial charge in [0.05, 0.1) is 13.2 Å². The number of amides is 1. The predicted molar refractivity (Wildman–Crippen MR) is 43.0 cm³/mol. The first-order valence-corrected chi connectivity index (χ1v) is 4.51. The maximum atomic E-state index is 11.2. The van der Waals surface area contributed by atoms with E-state index in [9.17, 15) is 4.79 Å². The van der Waals surface area contributed by atoms with Crippen molar-refractivity contribution in [2.75, 3.05) is 19.8 Å². The molecule has 1 amide bonds. The molecule has 2 aliphatic heterocycles. The number of hydrogen-bond donors (Lipinski definition) is 1. The number of aliphatic hydroxyl groups is 1. The fourth-order valence-corrected chi connectivity index (χ4v) is 1.68. The first-order valence-electron chi connectivity index (χ1n) is 4.51. The van der Waals surface area contributed by atoms with Crippen molar-refractivity contribution in [1.82, 2.24) is 4.90 Å². The van der Waals surface area contributed by atoms with E-state index in [2.05, 4.69) is 0 Å². The summed E-state index contributed by atoms with van der Waals surface area (Å²) in [7, 11) is 0. The maximum absolute atomic E-state index is 11.2. The molecule has 0 radical (unpaired) electrons. The van der Waals surface area contributed by atoms with Gasteiger partial charge >= 0.3 is 6.09 Å². The molecule has 5 heteroatoms. The van der Waals surface area contributed by atoms with Crippen LogP contribution in [-0.2, 0) is 9.47 Å². The van der Waals surface area contributed by atoms with Gasteiger partial charge in [-0.1, -0.05) is 0 Å². The number of rotatable bonds is 2. The normalized spacial score (nSPS) is 33.9. The average Bonchev–Trinajstić information content (AvgIpc) is 2.72. The van der Waals surface area contributed by atoms with Crippen LogP contribution in [0.1, 0.15) is 12.8 Å². The standard InChI is InChI=1S/C8H13NO4/c10-5-6-4-9(8(11)13-6)7-2-1-3-12-7/h6-7,10H,1-5H2/t6-,7?/m1/s1. The Balaban J connectivity index is 1.95. The van der Waals surface area contributed by atoms with E-state index < -0.39 is 0 Å². The van der Waals surface area contributed by atoms with Gasteiger partial charge in [-0.3, -0.25) is 4.90 Å². The maximum Gasteiger partial charge on any atom is 0.412 e. The second kappa shape index (κ2) is 3.51. The Morgan fingerprint density at radius 2 is 2.46 bits per heavy atom. The van der Waals surface area contributed by atoms with Crippen LogP contribution in [0.25, 0.3) is 0 Å². The molecule has 0 spiro atoms. The van der Waals surface area contributed by atoms with E-state index in [-0.39, 0.29) is 25.0 Å². The molecule has 2 atom stereocenters. The SMILES string of the molecule is O=C1O[C@@H](CO)CN1C1CCCO1. The second-order valence-electron chi connectivity index (χ2n) is 3.31. The molecular weight excluding hydrogens is 174 g/mol. The van der Waals surface area contributed by atoms with Crippen molar-refractivity contribution in [3.63, 3.8) is 0 Å². The first kappa shape index (κ1) is 8.77. The fraction of sp³-hybridized carbons (Fsp3) is 0.875. The van der Waals surface area contributed by atoms with Crippen LogP contribution >= 0.6 is 0 Å². The third-order valence-electron chi connectivity index (χ3n) is 2.36. The summed E-state index contributed by atoms with van der Waals surface area (Å²) in [6.07, 6.45) is 0.970.